The van der Waals surface area contributed by atoms with E-state index in [-0.39, 0.29) is 53.1 Å². The van der Waals surface area contributed by atoms with Gasteiger partial charge in [-0.2, -0.15) is 0 Å². The van der Waals surface area contributed by atoms with Gasteiger partial charge in [0.1, 0.15) is 6.10 Å². The Morgan fingerprint density at radius 3 is 2.65 bits per heavy atom. The maximum Gasteiger partial charge on any atom is 0.302 e. The molecule has 1 aliphatic heterocycles. The highest BCUT2D eigenvalue weighted by Crippen LogP contribution is 2.79. The van der Waals surface area contributed by atoms with Crippen LogP contribution in [0.1, 0.15) is 46.5 Å². The number of likely N-dealkylation sites (tertiary alicyclic amines) is 1. The van der Waals surface area contributed by atoms with Crippen LogP contribution in [0.4, 0.5) is 0 Å². The Kier molecular flexibility index (Phi) is 4.19. The molecule has 0 aromatic heterocycles. The van der Waals surface area contributed by atoms with Gasteiger partial charge in [0.05, 0.1) is 23.9 Å². The van der Waals surface area contributed by atoms with E-state index >= 15 is 0 Å². The van der Waals surface area contributed by atoms with Crippen molar-refractivity contribution in [2.45, 2.75) is 82.5 Å². The molecule has 1 saturated heterocycles. The number of methoxy groups -OCH3 is 1. The molecule has 31 heavy (non-hydrogen) atoms. The van der Waals surface area contributed by atoms with Crippen molar-refractivity contribution in [1.82, 2.24) is 4.90 Å². The monoisotopic (exact) mass is 435 g/mol. The Labute approximate surface area is 184 Å². The topological polar surface area (TPSA) is 99.5 Å². The first-order valence-electron chi connectivity index (χ1n) is 12.2. The molecule has 1 heterocycles. The van der Waals surface area contributed by atoms with Gasteiger partial charge in [-0.15, -0.1) is 0 Å². The summed E-state index contributed by atoms with van der Waals surface area (Å²) < 4.78 is 11.9. The number of nitrogens with zero attached hydrogens (tertiary/aromatic N) is 1. The molecule has 7 heteroatoms. The summed E-state index contributed by atoms with van der Waals surface area (Å²) in [6.45, 7) is 7.62. The largest absolute Gasteiger partial charge is 0.462 e. The van der Waals surface area contributed by atoms with E-state index in [1.807, 2.05) is 0 Å². The number of aliphatic hydroxyl groups is 3. The third-order valence-electron chi connectivity index (χ3n) is 10.9. The second-order valence-electron chi connectivity index (χ2n) is 11.8. The van der Waals surface area contributed by atoms with Gasteiger partial charge in [0.15, 0.2) is 0 Å². The van der Waals surface area contributed by atoms with Gasteiger partial charge >= 0.3 is 5.97 Å². The lowest BCUT2D eigenvalue weighted by molar-refractivity contribution is -0.266. The lowest BCUT2D eigenvalue weighted by Gasteiger charge is -2.68. The van der Waals surface area contributed by atoms with Crippen LogP contribution in [0.5, 0.6) is 0 Å². The van der Waals surface area contributed by atoms with Crippen molar-refractivity contribution < 1.29 is 29.6 Å². The molecule has 0 aromatic carbocycles. The van der Waals surface area contributed by atoms with Crippen molar-refractivity contribution in [3.63, 3.8) is 0 Å². The van der Waals surface area contributed by atoms with E-state index in [1.165, 1.54) is 6.92 Å². The first-order chi connectivity index (χ1) is 14.6. The Morgan fingerprint density at radius 2 is 2.00 bits per heavy atom. The van der Waals surface area contributed by atoms with Crippen molar-refractivity contribution in [2.75, 3.05) is 20.2 Å². The van der Waals surface area contributed by atoms with E-state index in [1.54, 1.807) is 7.11 Å². The fourth-order valence-corrected chi connectivity index (χ4v) is 10.5. The van der Waals surface area contributed by atoms with Gasteiger partial charge < -0.3 is 24.8 Å². The number of carbonyl (C=O) groups is 1. The van der Waals surface area contributed by atoms with Crippen molar-refractivity contribution in [2.24, 2.45) is 40.4 Å². The van der Waals surface area contributed by atoms with Crippen LogP contribution in [-0.4, -0.2) is 82.4 Å². The van der Waals surface area contributed by atoms with Crippen LogP contribution in [0, 0.1) is 40.4 Å². The Bertz CT molecular complexity index is 807. The summed E-state index contributed by atoms with van der Waals surface area (Å²) in [6, 6.07) is -0.0527. The summed E-state index contributed by atoms with van der Waals surface area (Å²) in [7, 11) is 1.66. The average Bonchev–Trinajstić information content (AvgIpc) is 3.11. The molecule has 13 atom stereocenters. The van der Waals surface area contributed by atoms with Crippen LogP contribution in [0.25, 0.3) is 0 Å². The normalized spacial score (nSPS) is 61.4. The highest BCUT2D eigenvalue weighted by atomic mass is 16.5. The zero-order valence-corrected chi connectivity index (χ0v) is 19.0. The molecule has 0 amide bonds. The number of aliphatic hydroxyl groups excluding tert-OH is 2. The van der Waals surface area contributed by atoms with Gasteiger partial charge in [0, 0.05) is 62.1 Å². The number of carbonyl (C=O) groups excluding carboxylic acids is 1. The third kappa shape index (κ3) is 2.12. The van der Waals surface area contributed by atoms with Crippen LogP contribution in [0.15, 0.2) is 0 Å². The maximum absolute atomic E-state index is 12.4. The summed E-state index contributed by atoms with van der Waals surface area (Å²) in [5, 5.41) is 35.6. The Hall–Kier alpha value is -0.730. The molecule has 6 aliphatic rings. The van der Waals surface area contributed by atoms with Crippen LogP contribution in [-0.2, 0) is 14.3 Å². The van der Waals surface area contributed by atoms with Crippen molar-refractivity contribution >= 4 is 5.97 Å². The number of ether oxygens (including phenoxy) is 2. The molecular formula is C24H37NO6. The van der Waals surface area contributed by atoms with E-state index in [4.69, 9.17) is 9.47 Å². The number of piperidine rings is 1. The second-order valence-corrected chi connectivity index (χ2v) is 11.8. The third-order valence-corrected chi connectivity index (χ3v) is 10.9. The van der Waals surface area contributed by atoms with E-state index in [0.717, 1.165) is 32.4 Å². The van der Waals surface area contributed by atoms with Gasteiger partial charge in [-0.1, -0.05) is 13.8 Å². The first-order valence-corrected chi connectivity index (χ1v) is 12.2. The predicted molar refractivity (Wildman–Crippen MR) is 111 cm³/mol. The van der Waals surface area contributed by atoms with Crippen molar-refractivity contribution in [3.05, 3.63) is 0 Å². The molecular weight excluding hydrogens is 398 g/mol. The smallest absolute Gasteiger partial charge is 0.302 e. The molecule has 7 bridgehead atoms. The molecule has 7 nitrogen and oxygen atoms in total. The summed E-state index contributed by atoms with van der Waals surface area (Å²) >= 11 is 0. The molecule has 174 valence electrons. The number of fused-ring (bicyclic) bond motifs is 2. The molecule has 5 aliphatic carbocycles. The zero-order chi connectivity index (χ0) is 22.1. The minimum absolute atomic E-state index is 0.00276. The van der Waals surface area contributed by atoms with Gasteiger partial charge in [-0.3, -0.25) is 9.69 Å². The summed E-state index contributed by atoms with van der Waals surface area (Å²) in [6.07, 6.45) is 0.985. The molecule has 1 unspecified atom stereocenters. The fraction of sp³-hybridized carbons (Fsp3) is 0.958. The lowest BCUT2D eigenvalue weighted by atomic mass is 9.43. The average molecular weight is 436 g/mol. The summed E-state index contributed by atoms with van der Waals surface area (Å²) in [4.78, 5) is 14.8. The molecule has 6 fully saturated rings. The van der Waals surface area contributed by atoms with E-state index in [0.29, 0.717) is 6.42 Å². The minimum atomic E-state index is -1.18. The van der Waals surface area contributed by atoms with Gasteiger partial charge in [0.2, 0.25) is 0 Å². The zero-order valence-electron chi connectivity index (χ0n) is 19.0. The van der Waals surface area contributed by atoms with Crippen LogP contribution in [0.2, 0.25) is 0 Å². The Morgan fingerprint density at radius 1 is 1.26 bits per heavy atom. The number of esters is 1. The summed E-state index contributed by atoms with van der Waals surface area (Å²) in [5.74, 6) is -0.988. The summed E-state index contributed by atoms with van der Waals surface area (Å²) in [5.41, 5.74) is -1.75. The highest BCUT2D eigenvalue weighted by Gasteiger charge is 2.86. The van der Waals surface area contributed by atoms with Gasteiger partial charge in [-0.25, -0.2) is 0 Å². The van der Waals surface area contributed by atoms with E-state index in [2.05, 4.69) is 18.7 Å². The number of hydrogen-bond donors (Lipinski definition) is 3. The fourth-order valence-electron chi connectivity index (χ4n) is 10.5. The lowest BCUT2D eigenvalue weighted by Crippen LogP contribution is -2.75. The van der Waals surface area contributed by atoms with Crippen LogP contribution >= 0.6 is 0 Å². The molecule has 1 spiro atoms. The predicted octanol–water partition coefficient (Wildman–Crippen LogP) is 0.792. The van der Waals surface area contributed by atoms with Crippen molar-refractivity contribution in [1.29, 1.82) is 0 Å². The van der Waals surface area contributed by atoms with Gasteiger partial charge in [-0.05, 0) is 37.1 Å². The van der Waals surface area contributed by atoms with Crippen LogP contribution in [0.3, 0.4) is 0 Å². The molecule has 6 rings (SSSR count). The molecule has 3 N–H and O–H groups in total. The number of rotatable bonds is 3. The maximum atomic E-state index is 12.4. The van der Waals surface area contributed by atoms with Crippen LogP contribution < -0.4 is 0 Å². The van der Waals surface area contributed by atoms with Gasteiger partial charge in [0.25, 0.3) is 0 Å². The Balaban J connectivity index is 1.63. The molecule has 0 radical (unpaired) electrons. The molecule has 5 saturated carbocycles. The quantitative estimate of drug-likeness (QED) is 0.564. The van der Waals surface area contributed by atoms with E-state index < -0.39 is 29.3 Å². The first kappa shape index (κ1) is 20.8. The minimum Gasteiger partial charge on any atom is -0.462 e. The molecule has 0 aromatic rings. The number of hydrogen-bond acceptors (Lipinski definition) is 7. The SMILES string of the molecule is CCN1C[C@]2(C)CC[C@H](O)[C@]34C1[C@H]([C@@H](OC(C)=O)[C@H]23)[C@@]1(O)C[C@H](OC)[C@H]2C[C@@H]4[C@@H]1[C@H]2O. The van der Waals surface area contributed by atoms with Crippen molar-refractivity contribution in [3.8, 4) is 0 Å². The standard InChI is InChI=1S/C24H37NO6/c1-5-25-10-22(3)7-6-15(27)24-13-8-12-14(30-4)9-23(29,16(13)18(12)28)17(21(24)25)19(20(22)24)31-11(2)26/h12-21,27-29H,5-10H2,1-4H3/t12-,13-,14+,15+,16-,17+,18+,19-,20-,21?,22+,23-,24+/m1/s1. The highest BCUT2D eigenvalue weighted by molar-refractivity contribution is 5.66. The van der Waals surface area contributed by atoms with E-state index in [9.17, 15) is 20.1 Å². The second kappa shape index (κ2) is 6.23.